The molecule has 0 bridgehead atoms. The predicted octanol–water partition coefficient (Wildman–Crippen LogP) is 4.09. The third kappa shape index (κ3) is 6.43. The number of aromatic hydroxyl groups is 1. The number of ketones is 1. The fourth-order valence-corrected chi connectivity index (χ4v) is 2.29. The molecule has 21 heavy (non-hydrogen) atoms. The van der Waals surface area contributed by atoms with Crippen LogP contribution in [0, 0.1) is 6.92 Å². The van der Waals surface area contributed by atoms with Gasteiger partial charge in [-0.1, -0.05) is 37.8 Å². The van der Waals surface area contributed by atoms with Gasteiger partial charge in [0, 0.05) is 12.8 Å². The first-order chi connectivity index (χ1) is 10.0. The average Bonchev–Trinajstić information content (AvgIpc) is 2.44. The second kappa shape index (κ2) is 9.16. The minimum atomic E-state index is -0.737. The van der Waals surface area contributed by atoms with E-state index in [0.29, 0.717) is 12.0 Å². The van der Waals surface area contributed by atoms with Crippen molar-refractivity contribution in [2.45, 2.75) is 58.3 Å². The maximum Gasteiger partial charge on any atom is 0.303 e. The highest BCUT2D eigenvalue weighted by Crippen LogP contribution is 2.23. The highest BCUT2D eigenvalue weighted by atomic mass is 16.4. The summed E-state index contributed by atoms with van der Waals surface area (Å²) < 4.78 is 0. The minimum absolute atomic E-state index is 0.0120. The number of Topliss-reactive ketones (excluding diaryl/α,β-unsaturated/α-hetero) is 1. The molecule has 0 saturated heterocycles. The van der Waals surface area contributed by atoms with E-state index in [0.717, 1.165) is 44.1 Å². The highest BCUT2D eigenvalue weighted by molar-refractivity contribution is 5.98. The van der Waals surface area contributed by atoms with E-state index in [-0.39, 0.29) is 18.0 Å². The Bertz CT molecular complexity index is 480. The Labute approximate surface area is 125 Å². The van der Waals surface area contributed by atoms with Gasteiger partial charge in [0.2, 0.25) is 0 Å². The highest BCUT2D eigenvalue weighted by Gasteiger charge is 2.11. The van der Waals surface area contributed by atoms with Crippen molar-refractivity contribution in [2.24, 2.45) is 0 Å². The number of aryl methyl sites for hydroxylation is 1. The molecule has 1 aromatic rings. The number of aliphatic carboxylic acids is 1. The van der Waals surface area contributed by atoms with Gasteiger partial charge in [-0.25, -0.2) is 0 Å². The molecule has 0 radical (unpaired) electrons. The zero-order valence-electron chi connectivity index (χ0n) is 12.6. The molecule has 0 atom stereocenters. The van der Waals surface area contributed by atoms with Gasteiger partial charge >= 0.3 is 5.97 Å². The molecule has 0 amide bonds. The zero-order chi connectivity index (χ0) is 15.7. The Balaban J connectivity index is 2.17. The largest absolute Gasteiger partial charge is 0.507 e. The van der Waals surface area contributed by atoms with Crippen LogP contribution in [-0.4, -0.2) is 22.0 Å². The summed E-state index contributed by atoms with van der Waals surface area (Å²) in [5, 5.41) is 18.4. The van der Waals surface area contributed by atoms with Crippen molar-refractivity contribution in [1.82, 2.24) is 0 Å². The van der Waals surface area contributed by atoms with Crippen molar-refractivity contribution in [3.63, 3.8) is 0 Å². The van der Waals surface area contributed by atoms with Crippen molar-refractivity contribution >= 4 is 11.8 Å². The molecular formula is C17H24O4. The number of carbonyl (C=O) groups is 2. The SMILES string of the molecule is Cc1cccc(C(=O)CCCCCCCCC(=O)O)c1O. The molecular weight excluding hydrogens is 268 g/mol. The number of carboxylic acid groups (broad SMARTS) is 1. The number of unbranched alkanes of at least 4 members (excludes halogenated alkanes) is 5. The van der Waals surface area contributed by atoms with E-state index in [1.54, 1.807) is 25.1 Å². The topological polar surface area (TPSA) is 74.6 Å². The van der Waals surface area contributed by atoms with E-state index in [1.807, 2.05) is 0 Å². The van der Waals surface area contributed by atoms with Crippen LogP contribution in [0.5, 0.6) is 5.75 Å². The number of phenols is 1. The van der Waals surface area contributed by atoms with Crippen LogP contribution in [0.1, 0.15) is 67.3 Å². The number of para-hydroxylation sites is 1. The molecule has 0 fully saturated rings. The maximum atomic E-state index is 12.0. The van der Waals surface area contributed by atoms with Gasteiger partial charge in [0.05, 0.1) is 5.56 Å². The summed E-state index contributed by atoms with van der Waals surface area (Å²) in [5.74, 6) is -0.656. The first-order valence-corrected chi connectivity index (χ1v) is 7.56. The Kier molecular flexibility index (Phi) is 7.51. The molecule has 0 aliphatic rings. The molecule has 1 rings (SSSR count). The van der Waals surface area contributed by atoms with Gasteiger partial charge in [-0.05, 0) is 31.4 Å². The van der Waals surface area contributed by atoms with Gasteiger partial charge in [0.25, 0.3) is 0 Å². The summed E-state index contributed by atoms with van der Waals surface area (Å²) in [6.45, 7) is 1.78. The summed E-state index contributed by atoms with van der Waals surface area (Å²) in [7, 11) is 0. The Morgan fingerprint density at radius 1 is 0.952 bits per heavy atom. The second-order valence-corrected chi connectivity index (χ2v) is 5.41. The van der Waals surface area contributed by atoms with Crippen LogP contribution in [0.4, 0.5) is 0 Å². The van der Waals surface area contributed by atoms with Crippen molar-refractivity contribution in [1.29, 1.82) is 0 Å². The number of carboxylic acids is 1. The predicted molar refractivity (Wildman–Crippen MR) is 81.7 cm³/mol. The summed E-state index contributed by atoms with van der Waals surface area (Å²) in [5.41, 5.74) is 1.13. The molecule has 116 valence electrons. The van der Waals surface area contributed by atoms with Crippen LogP contribution in [0.2, 0.25) is 0 Å². The standard InChI is InChI=1S/C17H24O4/c1-13-9-8-10-14(17(13)21)15(18)11-6-4-2-3-5-7-12-16(19)20/h8-10,21H,2-7,11-12H2,1H3,(H,19,20). The third-order valence-corrected chi connectivity index (χ3v) is 3.58. The zero-order valence-corrected chi connectivity index (χ0v) is 12.6. The van der Waals surface area contributed by atoms with Gasteiger partial charge in [-0.15, -0.1) is 0 Å². The number of rotatable bonds is 10. The molecule has 1 aromatic carbocycles. The molecule has 0 saturated carbocycles. The maximum absolute atomic E-state index is 12.0. The number of hydrogen-bond acceptors (Lipinski definition) is 3. The van der Waals surface area contributed by atoms with Crippen molar-refractivity contribution in [3.8, 4) is 5.75 Å². The van der Waals surface area contributed by atoms with Crippen molar-refractivity contribution in [3.05, 3.63) is 29.3 Å². The van der Waals surface area contributed by atoms with E-state index in [1.165, 1.54) is 0 Å². The Morgan fingerprint density at radius 2 is 1.52 bits per heavy atom. The van der Waals surface area contributed by atoms with Crippen molar-refractivity contribution < 1.29 is 19.8 Å². The summed E-state index contributed by atoms with van der Waals surface area (Å²) >= 11 is 0. The molecule has 0 aliphatic heterocycles. The van der Waals surface area contributed by atoms with Gasteiger partial charge in [-0.3, -0.25) is 9.59 Å². The monoisotopic (exact) mass is 292 g/mol. The molecule has 0 heterocycles. The lowest BCUT2D eigenvalue weighted by molar-refractivity contribution is -0.137. The number of benzene rings is 1. The quantitative estimate of drug-likeness (QED) is 0.503. The lowest BCUT2D eigenvalue weighted by atomic mass is 10.0. The number of hydrogen-bond donors (Lipinski definition) is 2. The van der Waals surface area contributed by atoms with Crippen LogP contribution in [0.15, 0.2) is 18.2 Å². The fourth-order valence-electron chi connectivity index (χ4n) is 2.29. The van der Waals surface area contributed by atoms with Gasteiger partial charge < -0.3 is 10.2 Å². The smallest absolute Gasteiger partial charge is 0.303 e. The first-order valence-electron chi connectivity index (χ1n) is 7.56. The lowest BCUT2D eigenvalue weighted by Gasteiger charge is -2.06. The van der Waals surface area contributed by atoms with Crippen LogP contribution in [0.3, 0.4) is 0 Å². The van der Waals surface area contributed by atoms with Gasteiger partial charge in [0.15, 0.2) is 5.78 Å². The van der Waals surface area contributed by atoms with Crippen LogP contribution < -0.4 is 0 Å². The summed E-state index contributed by atoms with van der Waals surface area (Å²) in [6.07, 6.45) is 6.15. The average molecular weight is 292 g/mol. The molecule has 0 spiro atoms. The van der Waals surface area contributed by atoms with Gasteiger partial charge in [-0.2, -0.15) is 0 Å². The summed E-state index contributed by atoms with van der Waals surface area (Å²) in [4.78, 5) is 22.3. The second-order valence-electron chi connectivity index (χ2n) is 5.41. The molecule has 0 aliphatic carbocycles. The Hall–Kier alpha value is -1.84. The lowest BCUT2D eigenvalue weighted by Crippen LogP contribution is -2.00. The normalized spacial score (nSPS) is 10.5. The first kappa shape index (κ1) is 17.2. The van der Waals surface area contributed by atoms with E-state index in [9.17, 15) is 14.7 Å². The van der Waals surface area contributed by atoms with E-state index in [4.69, 9.17) is 5.11 Å². The van der Waals surface area contributed by atoms with Crippen LogP contribution in [0.25, 0.3) is 0 Å². The summed E-state index contributed by atoms with van der Waals surface area (Å²) in [6, 6.07) is 5.23. The fraction of sp³-hybridized carbons (Fsp3) is 0.529. The molecule has 0 unspecified atom stereocenters. The Morgan fingerprint density at radius 3 is 2.14 bits per heavy atom. The van der Waals surface area contributed by atoms with E-state index in [2.05, 4.69) is 0 Å². The van der Waals surface area contributed by atoms with Gasteiger partial charge in [0.1, 0.15) is 5.75 Å². The van der Waals surface area contributed by atoms with Crippen LogP contribution in [-0.2, 0) is 4.79 Å². The molecule has 4 nitrogen and oxygen atoms in total. The van der Waals surface area contributed by atoms with E-state index >= 15 is 0 Å². The van der Waals surface area contributed by atoms with Crippen LogP contribution >= 0.6 is 0 Å². The third-order valence-electron chi connectivity index (χ3n) is 3.58. The number of phenolic OH excluding ortho intramolecular Hbond substituents is 1. The van der Waals surface area contributed by atoms with Crippen molar-refractivity contribution in [2.75, 3.05) is 0 Å². The molecule has 0 aromatic heterocycles. The van der Waals surface area contributed by atoms with E-state index < -0.39 is 5.97 Å². The number of carbonyl (C=O) groups excluding carboxylic acids is 1. The minimum Gasteiger partial charge on any atom is -0.507 e. The molecule has 2 N–H and O–H groups in total. The molecule has 4 heteroatoms.